The van der Waals surface area contributed by atoms with Crippen molar-refractivity contribution >= 4 is 12.1 Å². The van der Waals surface area contributed by atoms with Crippen LogP contribution < -0.4 is 10.2 Å². The first-order chi connectivity index (χ1) is 15.3. The van der Waals surface area contributed by atoms with Crippen LogP contribution in [0, 0.1) is 0 Å². The molecule has 0 radical (unpaired) electrons. The predicted molar refractivity (Wildman–Crippen MR) is 116 cm³/mol. The van der Waals surface area contributed by atoms with Gasteiger partial charge in [0, 0.05) is 5.56 Å². The summed E-state index contributed by atoms with van der Waals surface area (Å²) in [6, 6.07) is 26.8. The minimum absolute atomic E-state index is 0.0859. The normalized spacial score (nSPS) is 10.8. The van der Waals surface area contributed by atoms with E-state index >= 15 is 0 Å². The van der Waals surface area contributed by atoms with Gasteiger partial charge in [-0.3, -0.25) is 4.79 Å². The van der Waals surface area contributed by atoms with Gasteiger partial charge in [-0.25, -0.2) is 5.43 Å². The number of rotatable bonds is 8. The summed E-state index contributed by atoms with van der Waals surface area (Å²) in [6.45, 7) is 0.394. The summed E-state index contributed by atoms with van der Waals surface area (Å²) in [5.41, 5.74) is 5.19. The average molecular weight is 412 g/mol. The highest BCUT2D eigenvalue weighted by molar-refractivity contribution is 5.82. The smallest absolute Gasteiger partial charge is 0.263 e. The number of benzene rings is 3. The van der Waals surface area contributed by atoms with Crippen molar-refractivity contribution in [2.75, 3.05) is 0 Å². The van der Waals surface area contributed by atoms with Crippen molar-refractivity contribution in [3.05, 3.63) is 96.1 Å². The second-order valence-electron chi connectivity index (χ2n) is 6.65. The molecule has 1 amide bonds. The molecular weight excluding hydrogens is 392 g/mol. The molecule has 1 N–H and O–H groups in total. The molecule has 31 heavy (non-hydrogen) atoms. The summed E-state index contributed by atoms with van der Waals surface area (Å²) in [4.78, 5) is 13.3. The molecule has 0 saturated carbocycles. The fourth-order valence-corrected chi connectivity index (χ4v) is 2.78. The fourth-order valence-electron chi connectivity index (χ4n) is 2.78. The summed E-state index contributed by atoms with van der Waals surface area (Å²) in [5.74, 6) is 0.827. The molecule has 8 nitrogen and oxygen atoms in total. The maximum absolute atomic E-state index is 12.1. The summed E-state index contributed by atoms with van der Waals surface area (Å²) < 4.78 is 5.80. The van der Waals surface area contributed by atoms with Gasteiger partial charge in [0.25, 0.3) is 5.91 Å². The molecule has 0 saturated heterocycles. The molecule has 8 heteroatoms. The second kappa shape index (κ2) is 9.93. The summed E-state index contributed by atoms with van der Waals surface area (Å²) in [5, 5.41) is 16.1. The van der Waals surface area contributed by atoms with Crippen molar-refractivity contribution in [3.63, 3.8) is 0 Å². The average Bonchev–Trinajstić information content (AvgIpc) is 3.28. The van der Waals surface area contributed by atoms with Gasteiger partial charge in [0.05, 0.1) is 6.21 Å². The summed E-state index contributed by atoms with van der Waals surface area (Å²) in [7, 11) is 0. The van der Waals surface area contributed by atoms with E-state index in [1.807, 2.05) is 84.9 Å². The van der Waals surface area contributed by atoms with Crippen LogP contribution in [-0.2, 0) is 17.9 Å². The number of hydrazone groups is 1. The van der Waals surface area contributed by atoms with E-state index < -0.39 is 0 Å². The molecule has 0 bridgehead atoms. The van der Waals surface area contributed by atoms with Crippen LogP contribution in [0.25, 0.3) is 11.4 Å². The lowest BCUT2D eigenvalue weighted by molar-refractivity contribution is -0.122. The maximum Gasteiger partial charge on any atom is 0.263 e. The number of carbonyl (C=O) groups is 1. The van der Waals surface area contributed by atoms with Crippen molar-refractivity contribution in [1.82, 2.24) is 25.6 Å². The fraction of sp³-hybridized carbons (Fsp3) is 0.0870. The van der Waals surface area contributed by atoms with E-state index in [1.54, 1.807) is 6.21 Å². The number of amides is 1. The first kappa shape index (κ1) is 20.0. The van der Waals surface area contributed by atoms with Gasteiger partial charge in [0.2, 0.25) is 5.82 Å². The van der Waals surface area contributed by atoms with E-state index in [0.29, 0.717) is 12.4 Å². The first-order valence-corrected chi connectivity index (χ1v) is 9.68. The molecule has 0 atom stereocenters. The van der Waals surface area contributed by atoms with Gasteiger partial charge in [-0.15, -0.1) is 10.2 Å². The third-order valence-electron chi connectivity index (χ3n) is 4.28. The van der Waals surface area contributed by atoms with E-state index in [1.165, 1.54) is 4.80 Å². The van der Waals surface area contributed by atoms with Gasteiger partial charge in [-0.05, 0) is 28.5 Å². The predicted octanol–water partition coefficient (Wildman–Crippen LogP) is 3.07. The molecule has 154 valence electrons. The topological polar surface area (TPSA) is 94.3 Å². The van der Waals surface area contributed by atoms with Gasteiger partial charge >= 0.3 is 0 Å². The highest BCUT2D eigenvalue weighted by atomic mass is 16.5. The summed E-state index contributed by atoms with van der Waals surface area (Å²) in [6.07, 6.45) is 1.55. The van der Waals surface area contributed by atoms with Crippen LogP contribution in [0.5, 0.6) is 5.75 Å². The van der Waals surface area contributed by atoms with Crippen molar-refractivity contribution in [2.24, 2.45) is 5.10 Å². The quantitative estimate of drug-likeness (QED) is 0.355. The third kappa shape index (κ3) is 5.83. The SMILES string of the molecule is O=C(Cn1nnc(-c2ccccc2)n1)NN=Cc1cccc(OCc2ccccc2)c1. The molecule has 0 aliphatic heterocycles. The molecular formula is C23H20N6O2. The lowest BCUT2D eigenvalue weighted by Crippen LogP contribution is -2.24. The second-order valence-corrected chi connectivity index (χ2v) is 6.65. The Balaban J connectivity index is 1.28. The molecule has 4 rings (SSSR count). The Hall–Kier alpha value is -4.33. The molecule has 0 spiro atoms. The van der Waals surface area contributed by atoms with Gasteiger partial charge in [0.15, 0.2) is 0 Å². The van der Waals surface area contributed by atoms with Crippen LogP contribution in [0.2, 0.25) is 0 Å². The largest absolute Gasteiger partial charge is 0.489 e. The van der Waals surface area contributed by atoms with Gasteiger partial charge in [-0.1, -0.05) is 72.8 Å². The molecule has 1 heterocycles. The van der Waals surface area contributed by atoms with Gasteiger partial charge in [-0.2, -0.15) is 9.90 Å². The molecule has 3 aromatic carbocycles. The molecule has 1 aromatic heterocycles. The van der Waals surface area contributed by atoms with E-state index in [4.69, 9.17) is 4.74 Å². The van der Waals surface area contributed by atoms with Crippen molar-refractivity contribution in [1.29, 1.82) is 0 Å². The Bertz CT molecular complexity index is 1160. The molecule has 0 fully saturated rings. The Kier molecular flexibility index (Phi) is 6.39. The highest BCUT2D eigenvalue weighted by Gasteiger charge is 2.08. The van der Waals surface area contributed by atoms with E-state index in [-0.39, 0.29) is 12.5 Å². The molecule has 0 unspecified atom stereocenters. The van der Waals surface area contributed by atoms with Crippen LogP contribution in [0.3, 0.4) is 0 Å². The number of nitrogens with zero attached hydrogens (tertiary/aromatic N) is 5. The molecule has 4 aromatic rings. The number of carbonyl (C=O) groups excluding carboxylic acids is 1. The Labute approximate surface area is 179 Å². The van der Waals surface area contributed by atoms with Gasteiger partial charge < -0.3 is 4.74 Å². The Morgan fingerprint density at radius 2 is 1.77 bits per heavy atom. The zero-order valence-electron chi connectivity index (χ0n) is 16.6. The molecule has 0 aliphatic rings. The highest BCUT2D eigenvalue weighted by Crippen LogP contribution is 2.14. The lowest BCUT2D eigenvalue weighted by atomic mass is 10.2. The first-order valence-electron chi connectivity index (χ1n) is 9.68. The van der Waals surface area contributed by atoms with Crippen molar-refractivity contribution in [3.8, 4) is 17.1 Å². The monoisotopic (exact) mass is 412 g/mol. The van der Waals surface area contributed by atoms with E-state index in [9.17, 15) is 4.79 Å². The van der Waals surface area contributed by atoms with E-state index in [0.717, 1.165) is 22.4 Å². The van der Waals surface area contributed by atoms with E-state index in [2.05, 4.69) is 25.9 Å². The summed E-state index contributed by atoms with van der Waals surface area (Å²) >= 11 is 0. The number of aromatic nitrogens is 4. The number of hydrogen-bond donors (Lipinski definition) is 1. The standard InChI is InChI=1S/C23H20N6O2/c30-22(16-29-27-23(26-28-29)20-11-5-2-6-12-20)25-24-15-19-10-7-13-21(14-19)31-17-18-8-3-1-4-9-18/h1-15H,16-17H2,(H,25,30). The van der Waals surface area contributed by atoms with Crippen LogP contribution in [0.1, 0.15) is 11.1 Å². The number of nitrogens with one attached hydrogen (secondary N) is 1. The Morgan fingerprint density at radius 3 is 2.58 bits per heavy atom. The minimum atomic E-state index is -0.357. The number of ether oxygens (including phenoxy) is 1. The zero-order valence-corrected chi connectivity index (χ0v) is 16.6. The van der Waals surface area contributed by atoms with Gasteiger partial charge in [0.1, 0.15) is 18.9 Å². The van der Waals surface area contributed by atoms with Crippen LogP contribution in [-0.4, -0.2) is 32.3 Å². The van der Waals surface area contributed by atoms with Crippen molar-refractivity contribution < 1.29 is 9.53 Å². The maximum atomic E-state index is 12.1. The van der Waals surface area contributed by atoms with Crippen molar-refractivity contribution in [2.45, 2.75) is 13.2 Å². The van der Waals surface area contributed by atoms with Crippen LogP contribution >= 0.6 is 0 Å². The minimum Gasteiger partial charge on any atom is -0.489 e. The Morgan fingerprint density at radius 1 is 1.00 bits per heavy atom. The number of tetrazole rings is 1. The molecule has 0 aliphatic carbocycles. The lowest BCUT2D eigenvalue weighted by Gasteiger charge is -2.06. The third-order valence-corrected chi connectivity index (χ3v) is 4.28. The van der Waals surface area contributed by atoms with Crippen LogP contribution in [0.15, 0.2) is 90.0 Å². The number of hydrogen-bond acceptors (Lipinski definition) is 6. The zero-order chi connectivity index (χ0) is 21.3. The van der Waals surface area contributed by atoms with Crippen LogP contribution in [0.4, 0.5) is 0 Å².